The highest BCUT2D eigenvalue weighted by Gasteiger charge is 2.45. The number of aromatic nitrogens is 1. The van der Waals surface area contributed by atoms with E-state index in [2.05, 4.69) is 41.5 Å². The molecular formula is C20H22N2O2. The third-order valence-electron chi connectivity index (χ3n) is 5.13. The van der Waals surface area contributed by atoms with Crippen LogP contribution < -0.4 is 10.1 Å². The first-order valence-corrected chi connectivity index (χ1v) is 8.56. The summed E-state index contributed by atoms with van der Waals surface area (Å²) in [5.41, 5.74) is 4.18. The fourth-order valence-electron chi connectivity index (χ4n) is 3.24. The molecule has 24 heavy (non-hydrogen) atoms. The Bertz CT molecular complexity index is 796. The van der Waals surface area contributed by atoms with E-state index in [0.717, 1.165) is 41.8 Å². The van der Waals surface area contributed by atoms with Crippen LogP contribution in [0, 0.1) is 12.3 Å². The molecule has 4 heteroatoms. The SMILES string of the molecule is Cc1cccnc1-c1cccc2c1O[C@@H](CNC(=O)C1(C)CC1)C2. The van der Waals surface area contributed by atoms with Crippen molar-refractivity contribution in [3.63, 3.8) is 0 Å². The van der Waals surface area contributed by atoms with Gasteiger partial charge in [-0.3, -0.25) is 9.78 Å². The van der Waals surface area contributed by atoms with Crippen LogP contribution in [0.1, 0.15) is 30.9 Å². The number of ether oxygens (including phenoxy) is 1. The van der Waals surface area contributed by atoms with Gasteiger partial charge in [-0.25, -0.2) is 0 Å². The van der Waals surface area contributed by atoms with Crippen molar-refractivity contribution in [2.45, 2.75) is 39.2 Å². The van der Waals surface area contributed by atoms with Gasteiger partial charge < -0.3 is 10.1 Å². The maximum absolute atomic E-state index is 12.1. The Morgan fingerprint density at radius 3 is 2.92 bits per heavy atom. The Morgan fingerprint density at radius 1 is 1.33 bits per heavy atom. The summed E-state index contributed by atoms with van der Waals surface area (Å²) in [4.78, 5) is 16.6. The summed E-state index contributed by atoms with van der Waals surface area (Å²) in [6.07, 6.45) is 4.62. The number of benzene rings is 1. The Balaban J connectivity index is 1.51. The summed E-state index contributed by atoms with van der Waals surface area (Å²) in [5.74, 6) is 1.07. The van der Waals surface area contributed by atoms with Gasteiger partial charge in [0.25, 0.3) is 0 Å². The molecule has 4 nitrogen and oxygen atoms in total. The van der Waals surface area contributed by atoms with Gasteiger partial charge >= 0.3 is 0 Å². The van der Waals surface area contributed by atoms with Crippen LogP contribution in [0.25, 0.3) is 11.3 Å². The van der Waals surface area contributed by atoms with Crippen molar-refractivity contribution in [2.24, 2.45) is 5.41 Å². The zero-order valence-electron chi connectivity index (χ0n) is 14.1. The van der Waals surface area contributed by atoms with E-state index in [1.165, 1.54) is 5.56 Å². The van der Waals surface area contributed by atoms with Crippen LogP contribution in [0.5, 0.6) is 5.75 Å². The number of carbonyl (C=O) groups is 1. The number of fused-ring (bicyclic) bond motifs is 1. The van der Waals surface area contributed by atoms with Crippen molar-refractivity contribution in [2.75, 3.05) is 6.54 Å². The summed E-state index contributed by atoms with van der Waals surface area (Å²) < 4.78 is 6.18. The largest absolute Gasteiger partial charge is 0.487 e. The monoisotopic (exact) mass is 322 g/mol. The molecular weight excluding hydrogens is 300 g/mol. The van der Waals surface area contributed by atoms with Crippen LogP contribution >= 0.6 is 0 Å². The van der Waals surface area contributed by atoms with Gasteiger partial charge in [0.2, 0.25) is 5.91 Å². The average Bonchev–Trinajstić information content (AvgIpc) is 3.19. The summed E-state index contributed by atoms with van der Waals surface area (Å²) in [6, 6.07) is 10.2. The van der Waals surface area contributed by atoms with E-state index in [-0.39, 0.29) is 17.4 Å². The van der Waals surface area contributed by atoms with E-state index in [1.54, 1.807) is 0 Å². The first kappa shape index (κ1) is 15.2. The highest BCUT2D eigenvalue weighted by Crippen LogP contribution is 2.45. The second kappa shape index (κ2) is 5.62. The van der Waals surface area contributed by atoms with Crippen LogP contribution in [0.2, 0.25) is 0 Å². The topological polar surface area (TPSA) is 51.2 Å². The summed E-state index contributed by atoms with van der Waals surface area (Å²) >= 11 is 0. The van der Waals surface area contributed by atoms with Gasteiger partial charge in [0.05, 0.1) is 12.2 Å². The molecule has 124 valence electrons. The van der Waals surface area contributed by atoms with Crippen molar-refractivity contribution in [1.82, 2.24) is 10.3 Å². The van der Waals surface area contributed by atoms with Crippen molar-refractivity contribution >= 4 is 5.91 Å². The molecule has 0 saturated heterocycles. The van der Waals surface area contributed by atoms with E-state index in [4.69, 9.17) is 4.74 Å². The minimum absolute atomic E-state index is 0.00327. The highest BCUT2D eigenvalue weighted by atomic mass is 16.5. The van der Waals surface area contributed by atoms with Crippen molar-refractivity contribution in [3.8, 4) is 17.0 Å². The molecule has 0 radical (unpaired) electrons. The molecule has 1 aromatic carbocycles. The predicted octanol–water partition coefficient (Wildman–Crippen LogP) is 3.28. The summed E-state index contributed by atoms with van der Waals surface area (Å²) in [5, 5.41) is 3.05. The summed E-state index contributed by atoms with van der Waals surface area (Å²) in [6.45, 7) is 4.64. The quantitative estimate of drug-likeness (QED) is 0.940. The van der Waals surface area contributed by atoms with Gasteiger partial charge in [-0.1, -0.05) is 25.1 Å². The van der Waals surface area contributed by atoms with Gasteiger partial charge in [0, 0.05) is 23.6 Å². The zero-order valence-corrected chi connectivity index (χ0v) is 14.1. The zero-order chi connectivity index (χ0) is 16.7. The molecule has 1 N–H and O–H groups in total. The van der Waals surface area contributed by atoms with Crippen LogP contribution in [0.15, 0.2) is 36.5 Å². The van der Waals surface area contributed by atoms with Gasteiger partial charge in [-0.2, -0.15) is 0 Å². The molecule has 1 atom stereocenters. The first-order valence-electron chi connectivity index (χ1n) is 8.56. The maximum atomic E-state index is 12.1. The smallest absolute Gasteiger partial charge is 0.226 e. The average molecular weight is 322 g/mol. The maximum Gasteiger partial charge on any atom is 0.226 e. The van der Waals surface area contributed by atoms with Crippen molar-refractivity contribution < 1.29 is 9.53 Å². The number of hydrogen-bond acceptors (Lipinski definition) is 3. The third kappa shape index (κ3) is 2.66. The fourth-order valence-corrected chi connectivity index (χ4v) is 3.24. The molecule has 4 rings (SSSR count). The number of para-hydroxylation sites is 1. The lowest BCUT2D eigenvalue weighted by Gasteiger charge is -2.15. The van der Waals surface area contributed by atoms with Crippen LogP contribution in [0.4, 0.5) is 0 Å². The number of nitrogens with one attached hydrogen (secondary N) is 1. The van der Waals surface area contributed by atoms with Crippen LogP contribution in [-0.4, -0.2) is 23.5 Å². The number of rotatable bonds is 4. The molecule has 1 aromatic heterocycles. The molecule has 1 aliphatic carbocycles. The van der Waals surface area contributed by atoms with Gasteiger partial charge in [-0.05, 0) is 43.0 Å². The molecule has 0 bridgehead atoms. The normalized spacial score (nSPS) is 20.2. The van der Waals surface area contributed by atoms with Crippen LogP contribution in [0.3, 0.4) is 0 Å². The number of carbonyl (C=O) groups excluding carboxylic acids is 1. The molecule has 2 heterocycles. The van der Waals surface area contributed by atoms with Crippen molar-refractivity contribution in [1.29, 1.82) is 0 Å². The molecule has 1 amide bonds. The summed E-state index contributed by atoms with van der Waals surface area (Å²) in [7, 11) is 0. The lowest BCUT2D eigenvalue weighted by atomic mass is 10.0. The molecule has 1 aliphatic heterocycles. The number of hydrogen-bond donors (Lipinski definition) is 1. The highest BCUT2D eigenvalue weighted by molar-refractivity contribution is 5.84. The van der Waals surface area contributed by atoms with Gasteiger partial charge in [0.1, 0.15) is 11.9 Å². The second-order valence-electron chi connectivity index (χ2n) is 7.18. The van der Waals surface area contributed by atoms with E-state index in [1.807, 2.05) is 19.2 Å². The fraction of sp³-hybridized carbons (Fsp3) is 0.400. The number of aryl methyl sites for hydroxylation is 1. The van der Waals surface area contributed by atoms with Gasteiger partial charge in [-0.15, -0.1) is 0 Å². The molecule has 1 saturated carbocycles. The van der Waals surface area contributed by atoms with Crippen LogP contribution in [-0.2, 0) is 11.2 Å². The van der Waals surface area contributed by atoms with E-state index >= 15 is 0 Å². The Labute approximate surface area is 142 Å². The lowest BCUT2D eigenvalue weighted by Crippen LogP contribution is -2.38. The lowest BCUT2D eigenvalue weighted by molar-refractivity contribution is -0.126. The number of amides is 1. The minimum Gasteiger partial charge on any atom is -0.487 e. The molecule has 0 spiro atoms. The number of pyridine rings is 1. The minimum atomic E-state index is -0.137. The third-order valence-corrected chi connectivity index (χ3v) is 5.13. The van der Waals surface area contributed by atoms with Crippen molar-refractivity contribution in [3.05, 3.63) is 47.7 Å². The van der Waals surface area contributed by atoms with E-state index < -0.39 is 0 Å². The number of nitrogens with zero attached hydrogens (tertiary/aromatic N) is 1. The van der Waals surface area contributed by atoms with E-state index in [9.17, 15) is 4.79 Å². The molecule has 2 aliphatic rings. The standard InChI is InChI=1S/C20H22N2O2/c1-13-5-4-10-21-17(13)16-7-3-6-14-11-15(24-18(14)16)12-22-19(23)20(2)8-9-20/h3-7,10,15H,8-9,11-12H2,1-2H3,(H,22,23)/t15-/m1/s1. The first-order chi connectivity index (χ1) is 11.6. The second-order valence-corrected chi connectivity index (χ2v) is 7.18. The molecule has 0 unspecified atom stereocenters. The van der Waals surface area contributed by atoms with Gasteiger partial charge in [0.15, 0.2) is 0 Å². The Kier molecular flexibility index (Phi) is 3.56. The molecule has 1 fully saturated rings. The predicted molar refractivity (Wildman–Crippen MR) is 92.9 cm³/mol. The Hall–Kier alpha value is -2.36. The van der Waals surface area contributed by atoms with E-state index in [0.29, 0.717) is 6.54 Å². The Morgan fingerprint density at radius 2 is 2.17 bits per heavy atom. The molecule has 2 aromatic rings.